The van der Waals surface area contributed by atoms with Crippen LogP contribution in [0.3, 0.4) is 0 Å². The van der Waals surface area contributed by atoms with Crippen molar-refractivity contribution in [2.45, 2.75) is 33.2 Å². The SMILES string of the molecule is COc1ccc2nccc(N3CCC(Cn4cnc(C)c(C)c4=O)CC3)c2c1. The van der Waals surface area contributed by atoms with Gasteiger partial charge in [0.25, 0.3) is 5.56 Å². The molecule has 1 aromatic carbocycles. The Hall–Kier alpha value is -2.89. The van der Waals surface area contributed by atoms with Crippen LogP contribution in [0.1, 0.15) is 24.1 Å². The Bertz CT molecular complexity index is 1050. The van der Waals surface area contributed by atoms with E-state index in [4.69, 9.17) is 4.74 Å². The number of anilines is 1. The lowest BCUT2D eigenvalue weighted by Crippen LogP contribution is -2.36. The van der Waals surface area contributed by atoms with Gasteiger partial charge in [-0.1, -0.05) is 0 Å². The number of nitrogens with zero attached hydrogens (tertiary/aromatic N) is 4. The quantitative estimate of drug-likeness (QED) is 0.697. The van der Waals surface area contributed by atoms with E-state index in [0.29, 0.717) is 5.92 Å². The zero-order valence-corrected chi connectivity index (χ0v) is 16.7. The van der Waals surface area contributed by atoms with Gasteiger partial charge in [-0.25, -0.2) is 4.98 Å². The third-order valence-corrected chi connectivity index (χ3v) is 5.85. The average Bonchev–Trinajstić information content (AvgIpc) is 2.74. The summed E-state index contributed by atoms with van der Waals surface area (Å²) >= 11 is 0. The fourth-order valence-electron chi connectivity index (χ4n) is 3.95. The van der Waals surface area contributed by atoms with Crippen LogP contribution in [0.2, 0.25) is 0 Å². The van der Waals surface area contributed by atoms with Crippen LogP contribution >= 0.6 is 0 Å². The number of aryl methyl sites for hydroxylation is 1. The molecule has 0 spiro atoms. The third-order valence-electron chi connectivity index (χ3n) is 5.85. The van der Waals surface area contributed by atoms with Crippen LogP contribution in [-0.2, 0) is 6.54 Å². The van der Waals surface area contributed by atoms with E-state index in [1.54, 1.807) is 18.0 Å². The number of methoxy groups -OCH3 is 1. The molecule has 0 atom stereocenters. The van der Waals surface area contributed by atoms with Gasteiger partial charge in [0.1, 0.15) is 5.75 Å². The summed E-state index contributed by atoms with van der Waals surface area (Å²) in [5.41, 5.74) is 3.83. The topological polar surface area (TPSA) is 60.2 Å². The lowest BCUT2D eigenvalue weighted by molar-refractivity contribution is 0.350. The number of hydrogen-bond donors (Lipinski definition) is 0. The minimum absolute atomic E-state index is 0.0853. The molecule has 28 heavy (non-hydrogen) atoms. The lowest BCUT2D eigenvalue weighted by atomic mass is 9.96. The van der Waals surface area contributed by atoms with E-state index >= 15 is 0 Å². The average molecular weight is 378 g/mol. The summed E-state index contributed by atoms with van der Waals surface area (Å²) in [6, 6.07) is 8.09. The molecule has 4 rings (SSSR count). The van der Waals surface area contributed by atoms with Gasteiger partial charge in [0.2, 0.25) is 0 Å². The van der Waals surface area contributed by atoms with Crippen LogP contribution in [0, 0.1) is 19.8 Å². The van der Waals surface area contributed by atoms with Crippen molar-refractivity contribution < 1.29 is 4.74 Å². The predicted octanol–water partition coefficient (Wildman–Crippen LogP) is 3.33. The first-order valence-electron chi connectivity index (χ1n) is 9.77. The Morgan fingerprint density at radius 3 is 2.68 bits per heavy atom. The molecule has 1 aliphatic rings. The van der Waals surface area contributed by atoms with Crippen molar-refractivity contribution in [1.82, 2.24) is 14.5 Å². The van der Waals surface area contributed by atoms with Gasteiger partial charge < -0.3 is 9.64 Å². The van der Waals surface area contributed by atoms with E-state index in [9.17, 15) is 4.79 Å². The van der Waals surface area contributed by atoms with Crippen molar-refractivity contribution in [2.75, 3.05) is 25.1 Å². The van der Waals surface area contributed by atoms with Gasteiger partial charge in [-0.3, -0.25) is 14.3 Å². The van der Waals surface area contributed by atoms with Crippen LogP contribution in [0.15, 0.2) is 41.6 Å². The minimum atomic E-state index is 0.0853. The van der Waals surface area contributed by atoms with E-state index in [0.717, 1.165) is 60.4 Å². The van der Waals surface area contributed by atoms with E-state index in [1.807, 2.05) is 32.2 Å². The first-order valence-corrected chi connectivity index (χ1v) is 9.77. The van der Waals surface area contributed by atoms with E-state index in [2.05, 4.69) is 27.0 Å². The second-order valence-electron chi connectivity index (χ2n) is 7.56. The van der Waals surface area contributed by atoms with Crippen LogP contribution in [0.25, 0.3) is 10.9 Å². The summed E-state index contributed by atoms with van der Waals surface area (Å²) in [6.07, 6.45) is 5.66. The number of ether oxygens (including phenoxy) is 1. The smallest absolute Gasteiger partial charge is 0.256 e. The fourth-order valence-corrected chi connectivity index (χ4v) is 3.95. The Morgan fingerprint density at radius 1 is 1.14 bits per heavy atom. The van der Waals surface area contributed by atoms with Crippen LogP contribution in [-0.4, -0.2) is 34.7 Å². The number of aromatic nitrogens is 3. The number of piperidine rings is 1. The van der Waals surface area contributed by atoms with Crippen molar-refractivity contribution in [1.29, 1.82) is 0 Å². The molecule has 0 unspecified atom stereocenters. The maximum Gasteiger partial charge on any atom is 0.256 e. The first-order chi connectivity index (χ1) is 13.6. The maximum absolute atomic E-state index is 12.4. The molecule has 3 heterocycles. The zero-order chi connectivity index (χ0) is 19.7. The molecular formula is C22H26N4O2. The number of fused-ring (bicyclic) bond motifs is 1. The summed E-state index contributed by atoms with van der Waals surface area (Å²) in [6.45, 7) is 6.41. The molecule has 1 fully saturated rings. The van der Waals surface area contributed by atoms with Crippen LogP contribution in [0.4, 0.5) is 5.69 Å². The molecule has 2 aromatic heterocycles. The summed E-state index contributed by atoms with van der Waals surface area (Å²) in [4.78, 5) is 23.7. The third kappa shape index (κ3) is 3.46. The lowest BCUT2D eigenvalue weighted by Gasteiger charge is -2.34. The maximum atomic E-state index is 12.4. The van der Waals surface area contributed by atoms with Crippen LogP contribution in [0.5, 0.6) is 5.75 Å². The largest absolute Gasteiger partial charge is 0.497 e. The molecule has 3 aromatic rings. The molecule has 0 amide bonds. The van der Waals surface area contributed by atoms with Gasteiger partial charge in [-0.2, -0.15) is 0 Å². The van der Waals surface area contributed by atoms with E-state index < -0.39 is 0 Å². The van der Waals surface area contributed by atoms with Crippen molar-refractivity contribution >= 4 is 16.6 Å². The molecule has 6 heteroatoms. The molecule has 6 nitrogen and oxygen atoms in total. The Morgan fingerprint density at radius 2 is 1.93 bits per heavy atom. The molecule has 0 N–H and O–H groups in total. The molecule has 1 aliphatic heterocycles. The fraction of sp³-hybridized carbons (Fsp3) is 0.409. The highest BCUT2D eigenvalue weighted by Gasteiger charge is 2.22. The standard InChI is InChI=1S/C22H26N4O2/c1-15-16(2)24-14-26(22(15)27)13-17-7-10-25(11-8-17)21-6-9-23-20-5-4-18(28-3)12-19(20)21/h4-6,9,12,14,17H,7-8,10-11,13H2,1-3H3. The van der Waals surface area contributed by atoms with Gasteiger partial charge >= 0.3 is 0 Å². The van der Waals surface area contributed by atoms with Gasteiger partial charge in [0, 0.05) is 48.2 Å². The highest BCUT2D eigenvalue weighted by molar-refractivity contribution is 5.92. The molecular weight excluding hydrogens is 352 g/mol. The monoisotopic (exact) mass is 378 g/mol. The Balaban J connectivity index is 1.50. The zero-order valence-electron chi connectivity index (χ0n) is 16.7. The van der Waals surface area contributed by atoms with Gasteiger partial charge in [-0.05, 0) is 56.9 Å². The van der Waals surface area contributed by atoms with Gasteiger partial charge in [0.05, 0.1) is 19.0 Å². The molecule has 1 saturated heterocycles. The first kappa shape index (κ1) is 18.5. The number of hydrogen-bond acceptors (Lipinski definition) is 5. The second kappa shape index (κ2) is 7.62. The Kier molecular flexibility index (Phi) is 5.03. The minimum Gasteiger partial charge on any atom is -0.497 e. The van der Waals surface area contributed by atoms with Crippen molar-refractivity contribution in [2.24, 2.45) is 5.92 Å². The van der Waals surface area contributed by atoms with Gasteiger partial charge in [-0.15, -0.1) is 0 Å². The summed E-state index contributed by atoms with van der Waals surface area (Å²) in [5, 5.41) is 1.12. The van der Waals surface area contributed by atoms with Crippen molar-refractivity contribution in [3.63, 3.8) is 0 Å². The Labute approximate surface area is 164 Å². The van der Waals surface area contributed by atoms with Gasteiger partial charge in [0.15, 0.2) is 0 Å². The van der Waals surface area contributed by atoms with Crippen LogP contribution < -0.4 is 15.2 Å². The summed E-state index contributed by atoms with van der Waals surface area (Å²) in [5.74, 6) is 1.33. The summed E-state index contributed by atoms with van der Waals surface area (Å²) < 4.78 is 7.17. The van der Waals surface area contributed by atoms with E-state index in [-0.39, 0.29) is 5.56 Å². The molecule has 0 bridgehead atoms. The number of pyridine rings is 1. The van der Waals surface area contributed by atoms with Crippen molar-refractivity contribution in [3.05, 3.63) is 58.4 Å². The number of benzene rings is 1. The molecule has 0 saturated carbocycles. The van der Waals surface area contributed by atoms with Crippen molar-refractivity contribution in [3.8, 4) is 5.75 Å². The summed E-state index contributed by atoms with van der Waals surface area (Å²) in [7, 11) is 1.69. The second-order valence-corrected chi connectivity index (χ2v) is 7.56. The highest BCUT2D eigenvalue weighted by atomic mass is 16.5. The van der Waals surface area contributed by atoms with E-state index in [1.165, 1.54) is 5.69 Å². The molecule has 0 radical (unpaired) electrons. The molecule has 146 valence electrons. The normalized spacial score (nSPS) is 15.2. The predicted molar refractivity (Wildman–Crippen MR) is 111 cm³/mol. The molecule has 0 aliphatic carbocycles. The number of rotatable bonds is 4. The highest BCUT2D eigenvalue weighted by Crippen LogP contribution is 2.31.